The number of nitrogens with one attached hydrogen (secondary N) is 1. The molecule has 0 amide bonds. The van der Waals surface area contributed by atoms with Crippen molar-refractivity contribution < 1.29 is 13.2 Å². The van der Waals surface area contributed by atoms with Gasteiger partial charge in [0.1, 0.15) is 0 Å². The predicted octanol–water partition coefficient (Wildman–Crippen LogP) is 3.67. The zero-order chi connectivity index (χ0) is 15.6. The van der Waals surface area contributed by atoms with Crippen molar-refractivity contribution >= 4 is 0 Å². The first-order chi connectivity index (χ1) is 9.00. The van der Waals surface area contributed by atoms with E-state index >= 15 is 0 Å². The molecule has 5 heteroatoms. The molecule has 0 bridgehead atoms. The first-order valence-corrected chi connectivity index (χ1v) is 7.55. The summed E-state index contributed by atoms with van der Waals surface area (Å²) in [6.45, 7) is 13.0. The normalized spacial score (nSPS) is 26.2. The van der Waals surface area contributed by atoms with Gasteiger partial charge in [-0.2, -0.15) is 13.2 Å². The summed E-state index contributed by atoms with van der Waals surface area (Å²) in [7, 11) is 0. The third-order valence-electron chi connectivity index (χ3n) is 4.16. The van der Waals surface area contributed by atoms with Gasteiger partial charge in [-0.1, -0.05) is 34.6 Å². The summed E-state index contributed by atoms with van der Waals surface area (Å²) in [5.41, 5.74) is 0.0766. The number of nitrogens with zero attached hydrogens (tertiary/aromatic N) is 1. The van der Waals surface area contributed by atoms with Gasteiger partial charge >= 0.3 is 6.18 Å². The van der Waals surface area contributed by atoms with Gasteiger partial charge in [-0.3, -0.25) is 4.90 Å². The quantitative estimate of drug-likeness (QED) is 0.851. The lowest BCUT2D eigenvalue weighted by atomic mass is 9.83. The van der Waals surface area contributed by atoms with E-state index in [1.165, 1.54) is 0 Å². The van der Waals surface area contributed by atoms with Crippen molar-refractivity contribution in [3.8, 4) is 0 Å². The molecule has 0 aromatic rings. The second-order valence-corrected chi connectivity index (χ2v) is 7.35. The Morgan fingerprint density at radius 1 is 1.20 bits per heavy atom. The zero-order valence-electron chi connectivity index (χ0n) is 13.3. The summed E-state index contributed by atoms with van der Waals surface area (Å²) in [6, 6.07) is 0.672. The lowest BCUT2D eigenvalue weighted by Gasteiger charge is -2.47. The van der Waals surface area contributed by atoms with Gasteiger partial charge < -0.3 is 5.32 Å². The van der Waals surface area contributed by atoms with Crippen LogP contribution in [0.2, 0.25) is 0 Å². The summed E-state index contributed by atoms with van der Waals surface area (Å²) in [5, 5.41) is 3.55. The monoisotopic (exact) mass is 294 g/mol. The highest BCUT2D eigenvalue weighted by molar-refractivity contribution is 4.93. The van der Waals surface area contributed by atoms with Crippen molar-refractivity contribution in [1.82, 2.24) is 10.2 Å². The average Bonchev–Trinajstić information content (AvgIpc) is 2.25. The van der Waals surface area contributed by atoms with Crippen LogP contribution >= 0.6 is 0 Å². The molecule has 2 atom stereocenters. The lowest BCUT2D eigenvalue weighted by Crippen LogP contribution is -2.61. The Hall–Kier alpha value is -0.290. The maximum atomic E-state index is 12.3. The van der Waals surface area contributed by atoms with E-state index in [1.54, 1.807) is 0 Å². The van der Waals surface area contributed by atoms with E-state index in [0.717, 1.165) is 13.1 Å². The van der Waals surface area contributed by atoms with Crippen LogP contribution in [0.1, 0.15) is 47.5 Å². The van der Waals surface area contributed by atoms with Gasteiger partial charge in [0.15, 0.2) is 0 Å². The first-order valence-electron chi connectivity index (χ1n) is 7.55. The van der Waals surface area contributed by atoms with Crippen molar-refractivity contribution in [2.75, 3.05) is 19.6 Å². The van der Waals surface area contributed by atoms with Gasteiger partial charge in [0, 0.05) is 31.6 Å². The van der Waals surface area contributed by atoms with Gasteiger partial charge in [0.2, 0.25) is 0 Å². The summed E-state index contributed by atoms with van der Waals surface area (Å²) in [4.78, 5) is 2.26. The van der Waals surface area contributed by atoms with E-state index in [-0.39, 0.29) is 11.8 Å². The van der Waals surface area contributed by atoms with Crippen LogP contribution in [-0.4, -0.2) is 42.8 Å². The zero-order valence-corrected chi connectivity index (χ0v) is 13.3. The largest absolute Gasteiger partial charge is 0.389 e. The molecule has 0 spiro atoms. The fourth-order valence-corrected chi connectivity index (χ4v) is 2.87. The molecule has 1 rings (SSSR count). The van der Waals surface area contributed by atoms with Crippen LogP contribution < -0.4 is 5.32 Å². The number of hydrogen-bond acceptors (Lipinski definition) is 2. The summed E-state index contributed by atoms with van der Waals surface area (Å²) in [5.74, 6) is 0.501. The molecular formula is C15H29F3N2. The molecule has 0 saturated carbocycles. The Morgan fingerprint density at radius 3 is 2.25 bits per heavy atom. The van der Waals surface area contributed by atoms with Gasteiger partial charge in [-0.15, -0.1) is 0 Å². The highest BCUT2D eigenvalue weighted by Gasteiger charge is 2.36. The van der Waals surface area contributed by atoms with Crippen molar-refractivity contribution in [2.45, 2.75) is 65.7 Å². The Morgan fingerprint density at radius 2 is 1.80 bits per heavy atom. The number of hydrogen-bond donors (Lipinski definition) is 1. The van der Waals surface area contributed by atoms with E-state index in [2.05, 4.69) is 44.8 Å². The molecule has 1 aliphatic heterocycles. The Bertz CT molecular complexity index is 294. The van der Waals surface area contributed by atoms with Crippen LogP contribution in [0.4, 0.5) is 13.2 Å². The van der Waals surface area contributed by atoms with Crippen molar-refractivity contribution in [1.29, 1.82) is 0 Å². The minimum atomic E-state index is -4.04. The smallest absolute Gasteiger partial charge is 0.311 e. The van der Waals surface area contributed by atoms with Gasteiger partial charge in [-0.05, 0) is 24.3 Å². The summed E-state index contributed by atoms with van der Waals surface area (Å²) >= 11 is 0. The third kappa shape index (κ3) is 5.60. The summed E-state index contributed by atoms with van der Waals surface area (Å²) in [6.07, 6.45) is -4.52. The third-order valence-corrected chi connectivity index (χ3v) is 4.16. The summed E-state index contributed by atoms with van der Waals surface area (Å²) < 4.78 is 36.9. The molecular weight excluding hydrogens is 265 g/mol. The standard InChI is InChI=1S/C15H29F3N2/c1-11(2)12-10-20(8-6-7-15(16,17)18)13(9-19-12)14(3,4)5/h11-13,19H,6-10H2,1-5H3. The highest BCUT2D eigenvalue weighted by Crippen LogP contribution is 2.29. The fourth-order valence-electron chi connectivity index (χ4n) is 2.87. The molecule has 1 fully saturated rings. The average molecular weight is 294 g/mol. The van der Waals surface area contributed by atoms with Crippen LogP contribution in [0.5, 0.6) is 0 Å². The van der Waals surface area contributed by atoms with Crippen molar-refractivity contribution in [3.05, 3.63) is 0 Å². The molecule has 1 N–H and O–H groups in total. The molecule has 1 aliphatic rings. The van der Waals surface area contributed by atoms with E-state index in [4.69, 9.17) is 0 Å². The minimum Gasteiger partial charge on any atom is -0.311 e. The van der Waals surface area contributed by atoms with E-state index in [1.807, 2.05) is 0 Å². The van der Waals surface area contributed by atoms with Crippen LogP contribution in [-0.2, 0) is 0 Å². The lowest BCUT2D eigenvalue weighted by molar-refractivity contribution is -0.137. The van der Waals surface area contributed by atoms with Crippen LogP contribution in [0.15, 0.2) is 0 Å². The first kappa shape index (κ1) is 17.8. The molecule has 120 valence electrons. The molecule has 2 unspecified atom stereocenters. The Balaban J connectivity index is 2.62. The molecule has 0 aromatic carbocycles. The maximum Gasteiger partial charge on any atom is 0.389 e. The number of alkyl halides is 3. The second kappa shape index (κ2) is 6.65. The van der Waals surface area contributed by atoms with Crippen LogP contribution in [0.25, 0.3) is 0 Å². The Labute approximate surface area is 121 Å². The van der Waals surface area contributed by atoms with E-state index in [0.29, 0.717) is 24.5 Å². The molecule has 20 heavy (non-hydrogen) atoms. The number of rotatable bonds is 4. The molecule has 0 aromatic heterocycles. The Kier molecular flexibility index (Phi) is 5.90. The number of halogens is 3. The molecule has 2 nitrogen and oxygen atoms in total. The van der Waals surface area contributed by atoms with E-state index in [9.17, 15) is 13.2 Å². The topological polar surface area (TPSA) is 15.3 Å². The molecule has 1 heterocycles. The minimum absolute atomic E-state index is 0.0766. The van der Waals surface area contributed by atoms with Crippen LogP contribution in [0.3, 0.4) is 0 Å². The van der Waals surface area contributed by atoms with Gasteiger partial charge in [0.05, 0.1) is 0 Å². The fraction of sp³-hybridized carbons (Fsp3) is 1.00. The molecule has 0 radical (unpaired) electrons. The maximum absolute atomic E-state index is 12.3. The van der Waals surface area contributed by atoms with Crippen LogP contribution in [0, 0.1) is 11.3 Å². The van der Waals surface area contributed by atoms with Gasteiger partial charge in [0.25, 0.3) is 0 Å². The SMILES string of the molecule is CC(C)C1CN(CCCC(F)(F)F)C(C(C)(C)C)CN1. The second-order valence-electron chi connectivity index (χ2n) is 7.35. The van der Waals surface area contributed by atoms with E-state index < -0.39 is 12.6 Å². The predicted molar refractivity (Wildman–Crippen MR) is 76.7 cm³/mol. The molecule has 1 saturated heterocycles. The van der Waals surface area contributed by atoms with Crippen molar-refractivity contribution in [2.24, 2.45) is 11.3 Å². The number of piperazine rings is 1. The van der Waals surface area contributed by atoms with Crippen molar-refractivity contribution in [3.63, 3.8) is 0 Å². The molecule has 0 aliphatic carbocycles. The highest BCUT2D eigenvalue weighted by atomic mass is 19.4. The van der Waals surface area contributed by atoms with Gasteiger partial charge in [-0.25, -0.2) is 0 Å².